The number of fused-ring (bicyclic) bond motifs is 2. The molecule has 0 saturated heterocycles. The molecule has 4 aromatic rings. The number of ether oxygens (including phenoxy) is 2. The molecule has 0 bridgehead atoms. The van der Waals surface area contributed by atoms with Gasteiger partial charge in [-0.3, -0.25) is 9.36 Å². The Morgan fingerprint density at radius 3 is 2.61 bits per heavy atom. The summed E-state index contributed by atoms with van der Waals surface area (Å²) in [5.41, 5.74) is 4.58. The number of hydrogen-bond acceptors (Lipinski definition) is 6. The third kappa shape index (κ3) is 4.44. The molecule has 0 saturated carbocycles. The van der Waals surface area contributed by atoms with Gasteiger partial charge < -0.3 is 14.4 Å². The molecule has 0 fully saturated rings. The van der Waals surface area contributed by atoms with Crippen LogP contribution in [0.15, 0.2) is 78.0 Å². The lowest BCUT2D eigenvalue weighted by Crippen LogP contribution is -2.40. The maximum Gasteiger partial charge on any atom is 0.236 e. The predicted octanol–water partition coefficient (Wildman–Crippen LogP) is 4.79. The Hall–Kier alpha value is -3.78. The van der Waals surface area contributed by atoms with Gasteiger partial charge in [-0.05, 0) is 42.2 Å². The normalized spacial score (nSPS) is 15.0. The molecule has 182 valence electrons. The summed E-state index contributed by atoms with van der Waals surface area (Å²) >= 11 is 1.46. The van der Waals surface area contributed by atoms with Gasteiger partial charge in [0.05, 0.1) is 11.8 Å². The van der Waals surface area contributed by atoms with Crippen LogP contribution < -0.4 is 9.47 Å². The minimum absolute atomic E-state index is 0.119. The fraction of sp³-hybridized carbons (Fsp3) is 0.250. The van der Waals surface area contributed by atoms with Gasteiger partial charge in [0.2, 0.25) is 12.7 Å². The first kappa shape index (κ1) is 22.7. The number of hydrogen-bond donors (Lipinski definition) is 0. The van der Waals surface area contributed by atoms with Crippen molar-refractivity contribution in [2.45, 2.75) is 36.8 Å². The van der Waals surface area contributed by atoms with Crippen LogP contribution in [0.2, 0.25) is 0 Å². The lowest BCUT2D eigenvalue weighted by molar-refractivity contribution is -0.131. The second-order valence-corrected chi connectivity index (χ2v) is 10.3. The maximum absolute atomic E-state index is 13.4. The van der Waals surface area contributed by atoms with Crippen LogP contribution in [0.25, 0.3) is 11.4 Å². The summed E-state index contributed by atoms with van der Waals surface area (Å²) in [4.78, 5) is 15.4. The van der Waals surface area contributed by atoms with Gasteiger partial charge in [0.1, 0.15) is 0 Å². The van der Waals surface area contributed by atoms with Crippen LogP contribution in [0, 0.1) is 0 Å². The van der Waals surface area contributed by atoms with E-state index >= 15 is 0 Å². The zero-order chi connectivity index (χ0) is 24.5. The Morgan fingerprint density at radius 1 is 0.972 bits per heavy atom. The fourth-order valence-electron chi connectivity index (χ4n) is 4.69. The standard InChI is InChI=1S/C28H26N4O3S/c1-19(27(33)31-14-13-21-7-5-6-10-23(21)17-31)36-28-30-29-26(22-8-3-2-4-9-22)32(28)16-20-11-12-24-25(15-20)35-18-34-24/h2-12,15,19H,13-14,16-18H2,1H3/t19-/m1/s1. The summed E-state index contributed by atoms with van der Waals surface area (Å²) in [7, 11) is 0. The second kappa shape index (κ2) is 9.70. The van der Waals surface area contributed by atoms with E-state index < -0.39 is 0 Å². The first-order chi connectivity index (χ1) is 17.7. The molecule has 0 spiro atoms. The number of benzene rings is 3. The van der Waals surface area contributed by atoms with Crippen LogP contribution in [-0.2, 0) is 24.3 Å². The number of aromatic nitrogens is 3. The molecule has 2 aliphatic rings. The highest BCUT2D eigenvalue weighted by Gasteiger charge is 2.27. The number of rotatable bonds is 6. The van der Waals surface area contributed by atoms with Gasteiger partial charge in [-0.2, -0.15) is 0 Å². The van der Waals surface area contributed by atoms with E-state index in [-0.39, 0.29) is 18.0 Å². The first-order valence-corrected chi connectivity index (χ1v) is 12.9. The molecule has 0 unspecified atom stereocenters. The SMILES string of the molecule is C[C@@H](Sc1nnc(-c2ccccc2)n1Cc1ccc2c(c1)OCO2)C(=O)N1CCc2ccccc2C1. The quantitative estimate of drug-likeness (QED) is 0.356. The first-order valence-electron chi connectivity index (χ1n) is 12.0. The summed E-state index contributed by atoms with van der Waals surface area (Å²) in [6.45, 7) is 4.13. The maximum atomic E-state index is 13.4. The van der Waals surface area contributed by atoms with Crippen molar-refractivity contribution in [3.05, 3.63) is 89.5 Å². The van der Waals surface area contributed by atoms with E-state index in [4.69, 9.17) is 9.47 Å². The predicted molar refractivity (Wildman–Crippen MR) is 138 cm³/mol. The average molecular weight is 499 g/mol. The Balaban J connectivity index is 1.26. The summed E-state index contributed by atoms with van der Waals surface area (Å²) < 4.78 is 13.1. The fourth-order valence-corrected chi connectivity index (χ4v) is 5.62. The Kier molecular flexibility index (Phi) is 6.11. The summed E-state index contributed by atoms with van der Waals surface area (Å²) in [5.74, 6) is 2.38. The van der Waals surface area contributed by atoms with Gasteiger partial charge in [0, 0.05) is 18.7 Å². The van der Waals surface area contributed by atoms with E-state index in [1.807, 2.05) is 66.4 Å². The van der Waals surface area contributed by atoms with E-state index in [1.165, 1.54) is 22.9 Å². The van der Waals surface area contributed by atoms with E-state index in [0.717, 1.165) is 41.4 Å². The van der Waals surface area contributed by atoms with Crippen LogP contribution in [0.5, 0.6) is 11.5 Å². The molecule has 1 amide bonds. The van der Waals surface area contributed by atoms with Crippen LogP contribution in [0.4, 0.5) is 0 Å². The minimum Gasteiger partial charge on any atom is -0.454 e. The smallest absolute Gasteiger partial charge is 0.236 e. The highest BCUT2D eigenvalue weighted by atomic mass is 32.2. The van der Waals surface area contributed by atoms with Gasteiger partial charge in [0.25, 0.3) is 0 Å². The van der Waals surface area contributed by atoms with Crippen LogP contribution in [0.1, 0.15) is 23.6 Å². The van der Waals surface area contributed by atoms with Crippen LogP contribution >= 0.6 is 11.8 Å². The van der Waals surface area contributed by atoms with Crippen molar-refractivity contribution in [2.24, 2.45) is 0 Å². The van der Waals surface area contributed by atoms with Gasteiger partial charge in [0.15, 0.2) is 22.5 Å². The summed E-state index contributed by atoms with van der Waals surface area (Å²) in [6, 6.07) is 24.3. The third-order valence-electron chi connectivity index (χ3n) is 6.60. The van der Waals surface area contributed by atoms with Gasteiger partial charge in [-0.1, -0.05) is 72.4 Å². The number of amides is 1. The van der Waals surface area contributed by atoms with Crippen molar-refractivity contribution in [3.8, 4) is 22.9 Å². The minimum atomic E-state index is -0.293. The second-order valence-electron chi connectivity index (χ2n) is 8.98. The number of nitrogens with zero attached hydrogens (tertiary/aromatic N) is 4. The number of thioether (sulfide) groups is 1. The van der Waals surface area contributed by atoms with Crippen LogP contribution in [0.3, 0.4) is 0 Å². The van der Waals surface area contributed by atoms with Crippen molar-refractivity contribution in [3.63, 3.8) is 0 Å². The van der Waals surface area contributed by atoms with Gasteiger partial charge in [-0.15, -0.1) is 10.2 Å². The molecule has 6 rings (SSSR count). The third-order valence-corrected chi connectivity index (χ3v) is 7.67. The van der Waals surface area contributed by atoms with E-state index in [2.05, 4.69) is 33.0 Å². The molecule has 7 nitrogen and oxygen atoms in total. The largest absolute Gasteiger partial charge is 0.454 e. The monoisotopic (exact) mass is 498 g/mol. The molecule has 8 heteroatoms. The van der Waals surface area contributed by atoms with Crippen molar-refractivity contribution in [1.82, 2.24) is 19.7 Å². The van der Waals surface area contributed by atoms with Gasteiger partial charge in [-0.25, -0.2) is 0 Å². The van der Waals surface area contributed by atoms with E-state index in [1.54, 1.807) is 0 Å². The molecule has 3 heterocycles. The molecular formula is C28H26N4O3S. The molecule has 36 heavy (non-hydrogen) atoms. The van der Waals surface area contributed by atoms with E-state index in [0.29, 0.717) is 18.2 Å². The number of carbonyl (C=O) groups is 1. The molecular weight excluding hydrogens is 472 g/mol. The number of carbonyl (C=O) groups excluding carboxylic acids is 1. The Labute approximate surface area is 214 Å². The Bertz CT molecular complexity index is 1410. The van der Waals surface area contributed by atoms with Crippen molar-refractivity contribution < 1.29 is 14.3 Å². The van der Waals surface area contributed by atoms with Crippen molar-refractivity contribution >= 4 is 17.7 Å². The lowest BCUT2D eigenvalue weighted by Gasteiger charge is -2.30. The topological polar surface area (TPSA) is 69.5 Å². The molecule has 0 radical (unpaired) electrons. The molecule has 3 aromatic carbocycles. The molecule has 0 N–H and O–H groups in total. The summed E-state index contributed by atoms with van der Waals surface area (Å²) in [6.07, 6.45) is 0.887. The molecule has 2 aliphatic heterocycles. The average Bonchev–Trinajstić information content (AvgIpc) is 3.55. The molecule has 1 atom stereocenters. The summed E-state index contributed by atoms with van der Waals surface area (Å²) in [5, 5.41) is 9.45. The van der Waals surface area contributed by atoms with Crippen molar-refractivity contribution in [2.75, 3.05) is 13.3 Å². The highest BCUT2D eigenvalue weighted by Crippen LogP contribution is 2.34. The molecule has 0 aliphatic carbocycles. The molecule has 1 aromatic heterocycles. The van der Waals surface area contributed by atoms with Gasteiger partial charge >= 0.3 is 0 Å². The highest BCUT2D eigenvalue weighted by molar-refractivity contribution is 8.00. The Morgan fingerprint density at radius 2 is 1.75 bits per heavy atom. The zero-order valence-corrected chi connectivity index (χ0v) is 20.8. The zero-order valence-electron chi connectivity index (χ0n) is 20.0. The van der Waals surface area contributed by atoms with E-state index in [9.17, 15) is 4.79 Å². The van der Waals surface area contributed by atoms with Crippen LogP contribution in [-0.4, -0.2) is 44.2 Å². The van der Waals surface area contributed by atoms with Crippen molar-refractivity contribution in [1.29, 1.82) is 0 Å². The lowest BCUT2D eigenvalue weighted by atomic mass is 10.00.